The number of anilines is 1. The van der Waals surface area contributed by atoms with Crippen LogP contribution in [0.4, 0.5) is 5.69 Å². The predicted octanol–water partition coefficient (Wildman–Crippen LogP) is 3.48. The van der Waals surface area contributed by atoms with Crippen LogP contribution in [-0.4, -0.2) is 17.1 Å². The fourth-order valence-electron chi connectivity index (χ4n) is 3.16. The van der Waals surface area contributed by atoms with Gasteiger partial charge in [-0.25, -0.2) is 0 Å². The molecule has 3 N–H and O–H groups in total. The van der Waals surface area contributed by atoms with Gasteiger partial charge < -0.3 is 16.0 Å². The average molecular weight is 424 g/mol. The number of hydrogen-bond acceptors (Lipinski definition) is 4. The summed E-state index contributed by atoms with van der Waals surface area (Å²) in [6, 6.07) is 11.6. The predicted molar refractivity (Wildman–Crippen MR) is 110 cm³/mol. The summed E-state index contributed by atoms with van der Waals surface area (Å²) in [5.41, 5.74) is 4.38. The molecule has 0 radical (unpaired) electrons. The molecule has 0 fully saturated rings. The number of carbonyl (C=O) groups is 2. The molecule has 142 valence electrons. The number of benzene rings is 2. The molecule has 1 atom stereocenters. The Kier molecular flexibility index (Phi) is 6.32. The molecule has 1 unspecified atom stereocenters. The van der Waals surface area contributed by atoms with Crippen molar-refractivity contribution in [1.82, 2.24) is 10.6 Å². The van der Waals surface area contributed by atoms with Crippen LogP contribution in [0.2, 0.25) is 5.02 Å². The van der Waals surface area contributed by atoms with Crippen molar-refractivity contribution >= 4 is 53.3 Å². The van der Waals surface area contributed by atoms with Gasteiger partial charge in [-0.15, -0.1) is 24.2 Å². The second-order valence-electron chi connectivity index (χ2n) is 6.42. The summed E-state index contributed by atoms with van der Waals surface area (Å²) in [4.78, 5) is 25.5. The van der Waals surface area contributed by atoms with Crippen LogP contribution in [-0.2, 0) is 29.2 Å². The van der Waals surface area contributed by atoms with E-state index >= 15 is 0 Å². The smallest absolute Gasteiger partial charge is 0.238 e. The zero-order chi connectivity index (χ0) is 18.1. The number of carbonyl (C=O) groups excluding carboxylic acids is 2. The molecule has 0 saturated heterocycles. The minimum atomic E-state index is -0.437. The Labute approximate surface area is 173 Å². The van der Waals surface area contributed by atoms with Gasteiger partial charge in [-0.3, -0.25) is 9.59 Å². The fraction of sp³-hybridized carbons (Fsp3) is 0.263. The third-order valence-corrected chi connectivity index (χ3v) is 6.03. The van der Waals surface area contributed by atoms with E-state index in [1.165, 1.54) is 22.9 Å². The first-order chi connectivity index (χ1) is 12.6. The monoisotopic (exact) mass is 423 g/mol. The lowest BCUT2D eigenvalue weighted by Gasteiger charge is -2.23. The first-order valence-corrected chi connectivity index (χ1v) is 9.69. The molecule has 2 aliphatic rings. The Bertz CT molecular complexity index is 891. The van der Waals surface area contributed by atoms with Crippen LogP contribution in [0.15, 0.2) is 41.3 Å². The molecule has 0 saturated carbocycles. The molecular formula is C19H19Cl2N3O2S. The molecule has 2 aromatic rings. The van der Waals surface area contributed by atoms with Crippen molar-refractivity contribution in [2.24, 2.45) is 0 Å². The number of rotatable bonds is 4. The quantitative estimate of drug-likeness (QED) is 0.703. The number of amides is 2. The van der Waals surface area contributed by atoms with Crippen molar-refractivity contribution in [1.29, 1.82) is 0 Å². The third kappa shape index (κ3) is 4.58. The van der Waals surface area contributed by atoms with Gasteiger partial charge in [0.1, 0.15) is 0 Å². The van der Waals surface area contributed by atoms with Crippen molar-refractivity contribution in [3.8, 4) is 0 Å². The van der Waals surface area contributed by atoms with Crippen LogP contribution < -0.4 is 16.0 Å². The van der Waals surface area contributed by atoms with Crippen LogP contribution in [0.1, 0.15) is 23.1 Å². The second kappa shape index (κ2) is 8.52. The normalized spacial score (nSPS) is 17.4. The molecule has 5 nitrogen and oxygen atoms in total. The van der Waals surface area contributed by atoms with Gasteiger partial charge in [-0.05, 0) is 34.9 Å². The Hall–Kier alpha value is -1.73. The molecular weight excluding hydrogens is 405 g/mol. The average Bonchev–Trinajstić information content (AvgIpc) is 3.08. The highest BCUT2D eigenvalue weighted by molar-refractivity contribution is 8.01. The minimum Gasteiger partial charge on any atom is -0.352 e. The lowest BCUT2D eigenvalue weighted by molar-refractivity contribution is -0.124. The maximum Gasteiger partial charge on any atom is 0.238 e. The van der Waals surface area contributed by atoms with Crippen molar-refractivity contribution in [2.75, 3.05) is 5.32 Å². The first-order valence-electron chi connectivity index (χ1n) is 8.43. The SMILES string of the molecule is Cl.O=C(CC1Sc2ccc(Cl)cc2NC1=O)NCc1ccc2c(c1)CNC2. The summed E-state index contributed by atoms with van der Waals surface area (Å²) < 4.78 is 0. The molecule has 2 amide bonds. The lowest BCUT2D eigenvalue weighted by atomic mass is 10.1. The number of nitrogens with one attached hydrogen (secondary N) is 3. The van der Waals surface area contributed by atoms with Crippen molar-refractivity contribution in [2.45, 2.75) is 36.2 Å². The Morgan fingerprint density at radius 2 is 2.00 bits per heavy atom. The molecule has 4 rings (SSSR count). The number of halogens is 2. The van der Waals surface area contributed by atoms with E-state index in [1.807, 2.05) is 12.1 Å². The summed E-state index contributed by atoms with van der Waals surface area (Å²) in [6.45, 7) is 2.25. The standard InChI is InChI=1S/C19H18ClN3O2S.ClH/c20-14-3-4-16-15(6-14)23-19(25)17(26-16)7-18(24)22-8-11-1-2-12-9-21-10-13(12)5-11;/h1-6,17,21H,7-10H2,(H,22,24)(H,23,25);1H. The number of fused-ring (bicyclic) bond motifs is 2. The highest BCUT2D eigenvalue weighted by Crippen LogP contribution is 2.38. The highest BCUT2D eigenvalue weighted by atomic mass is 35.5. The van der Waals surface area contributed by atoms with Crippen molar-refractivity contribution < 1.29 is 9.59 Å². The third-order valence-electron chi connectivity index (χ3n) is 4.52. The molecule has 0 bridgehead atoms. The van der Waals surface area contributed by atoms with Gasteiger partial charge in [-0.1, -0.05) is 29.8 Å². The van der Waals surface area contributed by atoms with E-state index in [4.69, 9.17) is 11.6 Å². The molecule has 0 aromatic heterocycles. The maximum atomic E-state index is 12.3. The fourth-order valence-corrected chi connectivity index (χ4v) is 4.42. The summed E-state index contributed by atoms with van der Waals surface area (Å²) in [5, 5.41) is 9.19. The molecule has 8 heteroatoms. The van der Waals surface area contributed by atoms with Crippen LogP contribution in [0, 0.1) is 0 Å². The molecule has 0 aliphatic carbocycles. The van der Waals surface area contributed by atoms with Gasteiger partial charge >= 0.3 is 0 Å². The van der Waals surface area contributed by atoms with Crippen LogP contribution in [0.25, 0.3) is 0 Å². The van der Waals surface area contributed by atoms with Crippen molar-refractivity contribution in [3.63, 3.8) is 0 Å². The summed E-state index contributed by atoms with van der Waals surface area (Å²) in [7, 11) is 0. The van der Waals surface area contributed by atoms with Gasteiger partial charge in [0.15, 0.2) is 0 Å². The Morgan fingerprint density at radius 1 is 1.19 bits per heavy atom. The summed E-state index contributed by atoms with van der Waals surface area (Å²) in [5.74, 6) is -0.294. The van der Waals surface area contributed by atoms with Gasteiger partial charge in [0.2, 0.25) is 11.8 Å². The number of hydrogen-bond donors (Lipinski definition) is 3. The molecule has 2 heterocycles. The van der Waals surface area contributed by atoms with Gasteiger partial charge in [0, 0.05) is 36.0 Å². The summed E-state index contributed by atoms with van der Waals surface area (Å²) in [6.07, 6.45) is 0.144. The molecule has 2 aromatic carbocycles. The van der Waals surface area contributed by atoms with Crippen LogP contribution in [0.5, 0.6) is 0 Å². The molecule has 0 spiro atoms. The highest BCUT2D eigenvalue weighted by Gasteiger charge is 2.29. The minimum absolute atomic E-state index is 0. The van der Waals surface area contributed by atoms with Gasteiger partial charge in [0.05, 0.1) is 10.9 Å². The second-order valence-corrected chi connectivity index (χ2v) is 8.10. The van der Waals surface area contributed by atoms with E-state index in [2.05, 4.69) is 28.1 Å². The van der Waals surface area contributed by atoms with E-state index in [9.17, 15) is 9.59 Å². The van der Waals surface area contributed by atoms with Crippen LogP contribution in [0.3, 0.4) is 0 Å². The molecule has 2 aliphatic heterocycles. The van der Waals surface area contributed by atoms with Gasteiger partial charge in [-0.2, -0.15) is 0 Å². The van der Waals surface area contributed by atoms with Gasteiger partial charge in [0.25, 0.3) is 0 Å². The van der Waals surface area contributed by atoms with E-state index < -0.39 is 5.25 Å². The zero-order valence-electron chi connectivity index (χ0n) is 14.4. The lowest BCUT2D eigenvalue weighted by Crippen LogP contribution is -2.34. The van der Waals surface area contributed by atoms with E-state index in [1.54, 1.807) is 12.1 Å². The van der Waals surface area contributed by atoms with E-state index in [0.717, 1.165) is 23.5 Å². The maximum absolute atomic E-state index is 12.3. The molecule has 27 heavy (non-hydrogen) atoms. The Morgan fingerprint density at radius 3 is 2.85 bits per heavy atom. The Balaban J connectivity index is 0.00000210. The zero-order valence-corrected chi connectivity index (χ0v) is 16.8. The summed E-state index contributed by atoms with van der Waals surface area (Å²) >= 11 is 7.35. The first kappa shape index (κ1) is 20.0. The largest absolute Gasteiger partial charge is 0.352 e. The topological polar surface area (TPSA) is 70.2 Å². The van der Waals surface area contributed by atoms with E-state index in [0.29, 0.717) is 17.3 Å². The van der Waals surface area contributed by atoms with Crippen LogP contribution >= 0.6 is 35.8 Å². The van der Waals surface area contributed by atoms with E-state index in [-0.39, 0.29) is 30.6 Å². The van der Waals surface area contributed by atoms with Crippen molar-refractivity contribution in [3.05, 3.63) is 58.1 Å². The number of thioether (sulfide) groups is 1.